The lowest BCUT2D eigenvalue weighted by atomic mass is 9.80. The summed E-state index contributed by atoms with van der Waals surface area (Å²) >= 11 is 5.97. The average molecular weight is 280 g/mol. The van der Waals surface area contributed by atoms with E-state index < -0.39 is 0 Å². The number of halogens is 1. The third-order valence-corrected chi connectivity index (χ3v) is 4.55. The topological polar surface area (TPSA) is 12.0 Å². The van der Waals surface area contributed by atoms with Crippen LogP contribution in [-0.4, -0.2) is 6.04 Å². The normalized spacial score (nSPS) is 29.2. The molecule has 0 radical (unpaired) electrons. The Morgan fingerprint density at radius 1 is 1.11 bits per heavy atom. The van der Waals surface area contributed by atoms with Crippen molar-refractivity contribution in [3.05, 3.63) is 34.9 Å². The molecule has 1 aromatic rings. The van der Waals surface area contributed by atoms with Crippen molar-refractivity contribution < 1.29 is 0 Å². The Hall–Kier alpha value is -0.530. The minimum Gasteiger partial charge on any atom is -0.307 e. The minimum atomic E-state index is 0.458. The highest BCUT2D eigenvalue weighted by atomic mass is 35.5. The minimum absolute atomic E-state index is 0.458. The van der Waals surface area contributed by atoms with E-state index in [0.717, 1.165) is 23.3 Å². The molecule has 3 unspecified atom stereocenters. The van der Waals surface area contributed by atoms with Gasteiger partial charge in [-0.3, -0.25) is 0 Å². The van der Waals surface area contributed by atoms with Crippen molar-refractivity contribution in [2.75, 3.05) is 0 Å². The smallest absolute Gasteiger partial charge is 0.0406 e. The zero-order chi connectivity index (χ0) is 13.8. The molecule has 0 saturated heterocycles. The van der Waals surface area contributed by atoms with Crippen LogP contribution in [0.15, 0.2) is 24.3 Å². The standard InChI is InChI=1S/C17H26ClN/c1-4-17(14-5-7-15(18)8-6-14)19-16-10-12(2)9-13(3)11-16/h5-8,12-13,16-17,19H,4,9-11H2,1-3H3. The molecule has 0 bridgehead atoms. The van der Waals surface area contributed by atoms with Crippen LogP contribution in [-0.2, 0) is 0 Å². The van der Waals surface area contributed by atoms with Crippen LogP contribution in [0.1, 0.15) is 58.1 Å². The van der Waals surface area contributed by atoms with Crippen LogP contribution in [0, 0.1) is 11.8 Å². The molecule has 1 aliphatic rings. The van der Waals surface area contributed by atoms with Crippen LogP contribution in [0.3, 0.4) is 0 Å². The van der Waals surface area contributed by atoms with Gasteiger partial charge < -0.3 is 5.32 Å². The molecule has 1 aromatic carbocycles. The Morgan fingerprint density at radius 2 is 1.68 bits per heavy atom. The third kappa shape index (κ3) is 4.22. The fraction of sp³-hybridized carbons (Fsp3) is 0.647. The molecule has 2 heteroatoms. The number of hydrogen-bond donors (Lipinski definition) is 1. The van der Waals surface area contributed by atoms with Gasteiger partial charge >= 0.3 is 0 Å². The van der Waals surface area contributed by atoms with Crippen LogP contribution in [0.25, 0.3) is 0 Å². The highest BCUT2D eigenvalue weighted by Gasteiger charge is 2.25. The molecular formula is C17H26ClN. The van der Waals surface area contributed by atoms with Gasteiger partial charge in [-0.15, -0.1) is 0 Å². The summed E-state index contributed by atoms with van der Waals surface area (Å²) in [6.45, 7) is 7.02. The fourth-order valence-corrected chi connectivity index (χ4v) is 3.64. The number of nitrogens with one attached hydrogen (secondary N) is 1. The number of hydrogen-bond acceptors (Lipinski definition) is 1. The van der Waals surface area contributed by atoms with Crippen LogP contribution >= 0.6 is 11.6 Å². The fourth-order valence-electron chi connectivity index (χ4n) is 3.51. The molecular weight excluding hydrogens is 254 g/mol. The Balaban J connectivity index is 2.00. The molecule has 3 atom stereocenters. The summed E-state index contributed by atoms with van der Waals surface area (Å²) in [5.41, 5.74) is 1.36. The molecule has 1 aliphatic carbocycles. The molecule has 0 spiro atoms. The van der Waals surface area contributed by atoms with Gasteiger partial charge in [0.15, 0.2) is 0 Å². The van der Waals surface area contributed by atoms with Crippen LogP contribution in [0.4, 0.5) is 0 Å². The largest absolute Gasteiger partial charge is 0.307 e. The van der Waals surface area contributed by atoms with Crippen molar-refractivity contribution in [2.24, 2.45) is 11.8 Å². The van der Waals surface area contributed by atoms with Crippen molar-refractivity contribution in [3.63, 3.8) is 0 Å². The van der Waals surface area contributed by atoms with Crippen molar-refractivity contribution in [3.8, 4) is 0 Å². The Labute approximate surface area is 122 Å². The molecule has 1 N–H and O–H groups in total. The highest BCUT2D eigenvalue weighted by molar-refractivity contribution is 6.30. The van der Waals surface area contributed by atoms with Gasteiger partial charge in [-0.2, -0.15) is 0 Å². The van der Waals surface area contributed by atoms with E-state index in [1.165, 1.54) is 24.8 Å². The van der Waals surface area contributed by atoms with Gasteiger partial charge in [-0.25, -0.2) is 0 Å². The summed E-state index contributed by atoms with van der Waals surface area (Å²) < 4.78 is 0. The number of rotatable bonds is 4. The maximum Gasteiger partial charge on any atom is 0.0406 e. The Kier molecular flexibility index (Phi) is 5.29. The Morgan fingerprint density at radius 3 is 2.21 bits per heavy atom. The van der Waals surface area contributed by atoms with Crippen molar-refractivity contribution in [1.82, 2.24) is 5.32 Å². The lowest BCUT2D eigenvalue weighted by molar-refractivity contribution is 0.224. The zero-order valence-electron chi connectivity index (χ0n) is 12.3. The van der Waals surface area contributed by atoms with Gasteiger partial charge in [-0.1, -0.05) is 44.5 Å². The van der Waals surface area contributed by atoms with Crippen molar-refractivity contribution in [1.29, 1.82) is 0 Å². The van der Waals surface area contributed by atoms with E-state index >= 15 is 0 Å². The number of benzene rings is 1. The molecule has 0 heterocycles. The predicted molar refractivity (Wildman–Crippen MR) is 83.6 cm³/mol. The summed E-state index contributed by atoms with van der Waals surface area (Å²) in [6.07, 6.45) is 5.14. The molecule has 106 valence electrons. The SMILES string of the molecule is CCC(NC1CC(C)CC(C)C1)c1ccc(Cl)cc1. The van der Waals surface area contributed by atoms with E-state index in [9.17, 15) is 0 Å². The second-order valence-electron chi connectivity index (χ2n) is 6.29. The first-order valence-electron chi connectivity index (χ1n) is 7.60. The summed E-state index contributed by atoms with van der Waals surface area (Å²) in [6, 6.07) is 9.41. The van der Waals surface area contributed by atoms with E-state index in [1.54, 1.807) is 0 Å². The first-order valence-corrected chi connectivity index (χ1v) is 7.97. The summed E-state index contributed by atoms with van der Waals surface area (Å²) in [4.78, 5) is 0. The first kappa shape index (κ1) is 14.9. The van der Waals surface area contributed by atoms with Gasteiger partial charge in [0, 0.05) is 17.1 Å². The summed E-state index contributed by atoms with van der Waals surface area (Å²) in [7, 11) is 0. The molecule has 1 fully saturated rings. The molecule has 1 nitrogen and oxygen atoms in total. The van der Waals surface area contributed by atoms with Gasteiger partial charge in [-0.05, 0) is 55.2 Å². The second-order valence-corrected chi connectivity index (χ2v) is 6.73. The van der Waals surface area contributed by atoms with E-state index in [2.05, 4.69) is 38.2 Å². The maximum atomic E-state index is 5.97. The molecule has 1 saturated carbocycles. The van der Waals surface area contributed by atoms with Gasteiger partial charge in [0.05, 0.1) is 0 Å². The molecule has 19 heavy (non-hydrogen) atoms. The van der Waals surface area contributed by atoms with Crippen molar-refractivity contribution >= 4 is 11.6 Å². The quantitative estimate of drug-likeness (QED) is 0.798. The van der Waals surface area contributed by atoms with Crippen LogP contribution in [0.5, 0.6) is 0 Å². The van der Waals surface area contributed by atoms with E-state index in [1.807, 2.05) is 12.1 Å². The zero-order valence-corrected chi connectivity index (χ0v) is 13.1. The third-order valence-electron chi connectivity index (χ3n) is 4.30. The van der Waals surface area contributed by atoms with Gasteiger partial charge in [0.25, 0.3) is 0 Å². The molecule has 0 aromatic heterocycles. The molecule has 0 aliphatic heterocycles. The maximum absolute atomic E-state index is 5.97. The van der Waals surface area contributed by atoms with Gasteiger partial charge in [0.2, 0.25) is 0 Å². The van der Waals surface area contributed by atoms with E-state index in [4.69, 9.17) is 11.6 Å². The Bertz CT molecular complexity index is 377. The second kappa shape index (κ2) is 6.76. The molecule has 0 amide bonds. The van der Waals surface area contributed by atoms with Crippen molar-refractivity contribution in [2.45, 2.75) is 58.5 Å². The predicted octanol–water partition coefficient (Wildman–Crippen LogP) is 5.21. The monoisotopic (exact) mass is 279 g/mol. The lowest BCUT2D eigenvalue weighted by Crippen LogP contribution is -2.38. The summed E-state index contributed by atoms with van der Waals surface area (Å²) in [5.74, 6) is 1.70. The average Bonchev–Trinajstić information content (AvgIpc) is 2.36. The summed E-state index contributed by atoms with van der Waals surface area (Å²) in [5, 5.41) is 4.68. The lowest BCUT2D eigenvalue weighted by Gasteiger charge is -2.34. The highest BCUT2D eigenvalue weighted by Crippen LogP contribution is 2.30. The van der Waals surface area contributed by atoms with E-state index in [-0.39, 0.29) is 0 Å². The molecule has 2 rings (SSSR count). The first-order chi connectivity index (χ1) is 9.08. The van der Waals surface area contributed by atoms with Gasteiger partial charge in [0.1, 0.15) is 0 Å². The van der Waals surface area contributed by atoms with E-state index in [0.29, 0.717) is 12.1 Å². The van der Waals surface area contributed by atoms with Crippen LogP contribution in [0.2, 0.25) is 5.02 Å². The van der Waals surface area contributed by atoms with Crippen LogP contribution < -0.4 is 5.32 Å².